The van der Waals surface area contributed by atoms with Crippen LogP contribution in [0.25, 0.3) is 10.9 Å². The van der Waals surface area contributed by atoms with Gasteiger partial charge >= 0.3 is 5.91 Å². The van der Waals surface area contributed by atoms with Gasteiger partial charge in [-0.2, -0.15) is 0 Å². The molecule has 0 aliphatic heterocycles. The van der Waals surface area contributed by atoms with Crippen LogP contribution in [0, 0.1) is 0 Å². The molecule has 0 fully saturated rings. The quantitative estimate of drug-likeness (QED) is 0.317. The molecule has 1 aromatic heterocycles. The number of carbonyl (C=O) groups is 1. The van der Waals surface area contributed by atoms with Crippen LogP contribution < -0.4 is 9.47 Å². The standard InChI is InChI=1S/C28H29N3O4/c1-28(2,3)20-13-15-21(16-14-20)35-18-25(32)29-30-26-22-10-6-7-11-23(22)31(27(26)33)17-19-9-5-8-12-24(19)34-4/h5-16,33H,17-18H2,1-4H3. The van der Waals surface area contributed by atoms with Gasteiger partial charge in [0.25, 0.3) is 0 Å². The Morgan fingerprint density at radius 2 is 1.66 bits per heavy atom. The molecule has 35 heavy (non-hydrogen) atoms. The normalized spacial score (nSPS) is 11.8. The van der Waals surface area contributed by atoms with Crippen LogP contribution in [0.15, 0.2) is 83.0 Å². The van der Waals surface area contributed by atoms with Crippen LogP contribution in [0.1, 0.15) is 31.9 Å². The Hall–Kier alpha value is -4.13. The van der Waals surface area contributed by atoms with Gasteiger partial charge in [0.1, 0.15) is 11.5 Å². The molecule has 3 aromatic carbocycles. The highest BCUT2D eigenvalue weighted by atomic mass is 16.5. The summed E-state index contributed by atoms with van der Waals surface area (Å²) in [5.74, 6) is 0.673. The fourth-order valence-electron chi connectivity index (χ4n) is 3.87. The smallest absolute Gasteiger partial charge is 0.302 e. The maximum Gasteiger partial charge on any atom is 0.302 e. The molecule has 1 heterocycles. The molecule has 0 unspecified atom stereocenters. The summed E-state index contributed by atoms with van der Waals surface area (Å²) in [7, 11) is 1.61. The van der Waals surface area contributed by atoms with E-state index in [0.29, 0.717) is 17.7 Å². The van der Waals surface area contributed by atoms with E-state index in [-0.39, 0.29) is 23.6 Å². The number of carbonyl (C=O) groups excluding carboxylic acids is 1. The monoisotopic (exact) mass is 471 g/mol. The molecule has 1 N–H and O–H groups in total. The second kappa shape index (κ2) is 10.0. The van der Waals surface area contributed by atoms with Crippen LogP contribution in [0.2, 0.25) is 0 Å². The summed E-state index contributed by atoms with van der Waals surface area (Å²) in [4.78, 5) is 12.4. The number of aromatic nitrogens is 1. The Labute approximate surface area is 204 Å². The summed E-state index contributed by atoms with van der Waals surface area (Å²) in [6, 6.07) is 22.7. The predicted molar refractivity (Wildman–Crippen MR) is 136 cm³/mol. The lowest BCUT2D eigenvalue weighted by Gasteiger charge is -2.19. The van der Waals surface area contributed by atoms with Crippen molar-refractivity contribution in [2.75, 3.05) is 13.7 Å². The minimum absolute atomic E-state index is 0.0371. The van der Waals surface area contributed by atoms with Crippen molar-refractivity contribution in [2.24, 2.45) is 10.2 Å². The number of benzene rings is 3. The Bertz CT molecular complexity index is 1370. The molecule has 0 spiro atoms. The predicted octanol–water partition coefficient (Wildman–Crippen LogP) is 6.39. The van der Waals surface area contributed by atoms with E-state index in [2.05, 4.69) is 31.0 Å². The molecule has 4 aromatic rings. The zero-order valence-electron chi connectivity index (χ0n) is 20.4. The fourth-order valence-corrected chi connectivity index (χ4v) is 3.87. The minimum atomic E-state index is -0.550. The van der Waals surface area contributed by atoms with Crippen molar-refractivity contribution in [1.82, 2.24) is 4.57 Å². The summed E-state index contributed by atoms with van der Waals surface area (Å²) < 4.78 is 12.7. The SMILES string of the molecule is COc1ccccc1Cn1c(O)c(N=NC(=O)COc2ccc(C(C)(C)C)cc2)c2ccccc21. The highest BCUT2D eigenvalue weighted by Crippen LogP contribution is 2.39. The average molecular weight is 472 g/mol. The van der Waals surface area contributed by atoms with E-state index in [1.54, 1.807) is 11.7 Å². The van der Waals surface area contributed by atoms with Crippen LogP contribution in [0.3, 0.4) is 0 Å². The van der Waals surface area contributed by atoms with E-state index >= 15 is 0 Å². The van der Waals surface area contributed by atoms with E-state index in [4.69, 9.17) is 9.47 Å². The highest BCUT2D eigenvalue weighted by Gasteiger charge is 2.18. The summed E-state index contributed by atoms with van der Waals surface area (Å²) >= 11 is 0. The molecular formula is C28H29N3O4. The third-order valence-electron chi connectivity index (χ3n) is 5.78. The molecule has 0 atom stereocenters. The van der Waals surface area contributed by atoms with Crippen LogP contribution in [-0.4, -0.2) is 29.3 Å². The van der Waals surface area contributed by atoms with E-state index < -0.39 is 5.91 Å². The lowest BCUT2D eigenvalue weighted by molar-refractivity contribution is -0.120. The first-order valence-corrected chi connectivity index (χ1v) is 11.4. The lowest BCUT2D eigenvalue weighted by Crippen LogP contribution is -2.11. The third-order valence-corrected chi connectivity index (χ3v) is 5.78. The Balaban J connectivity index is 1.52. The number of rotatable bonds is 7. The molecule has 4 rings (SSSR count). The van der Waals surface area contributed by atoms with Gasteiger partial charge in [-0.15, -0.1) is 10.2 Å². The van der Waals surface area contributed by atoms with Crippen molar-refractivity contribution in [3.63, 3.8) is 0 Å². The van der Waals surface area contributed by atoms with E-state index in [9.17, 15) is 9.90 Å². The first-order valence-electron chi connectivity index (χ1n) is 11.4. The number of hydrogen-bond acceptors (Lipinski definition) is 5. The number of azo groups is 1. The number of fused-ring (bicyclic) bond motifs is 1. The topological polar surface area (TPSA) is 85.4 Å². The zero-order valence-corrected chi connectivity index (χ0v) is 20.4. The lowest BCUT2D eigenvalue weighted by atomic mass is 9.87. The molecule has 7 heteroatoms. The van der Waals surface area contributed by atoms with Crippen molar-refractivity contribution in [1.29, 1.82) is 0 Å². The third kappa shape index (κ3) is 5.35. The molecule has 0 saturated heterocycles. The largest absolute Gasteiger partial charge is 0.496 e. The molecule has 0 radical (unpaired) electrons. The Kier molecular flexibility index (Phi) is 6.87. The Morgan fingerprint density at radius 1 is 0.971 bits per heavy atom. The summed E-state index contributed by atoms with van der Waals surface area (Å²) in [5.41, 5.74) is 3.12. The van der Waals surface area contributed by atoms with E-state index in [0.717, 1.165) is 16.8 Å². The van der Waals surface area contributed by atoms with Crippen molar-refractivity contribution in [3.8, 4) is 17.4 Å². The number of ether oxygens (including phenoxy) is 2. The minimum Gasteiger partial charge on any atom is -0.496 e. The van der Waals surface area contributed by atoms with Gasteiger partial charge < -0.3 is 19.1 Å². The van der Waals surface area contributed by atoms with Gasteiger partial charge in [-0.1, -0.05) is 69.3 Å². The fraction of sp³-hybridized carbons (Fsp3) is 0.250. The summed E-state index contributed by atoms with van der Waals surface area (Å²) in [6.07, 6.45) is 0. The van der Waals surface area contributed by atoms with Gasteiger partial charge in [-0.3, -0.25) is 4.79 Å². The molecule has 0 saturated carbocycles. The van der Waals surface area contributed by atoms with Crippen LogP contribution in [-0.2, 0) is 16.8 Å². The molecule has 180 valence electrons. The number of para-hydroxylation sites is 2. The van der Waals surface area contributed by atoms with Crippen molar-refractivity contribution >= 4 is 22.5 Å². The Morgan fingerprint density at radius 3 is 2.37 bits per heavy atom. The van der Waals surface area contributed by atoms with Crippen molar-refractivity contribution in [2.45, 2.75) is 32.7 Å². The van der Waals surface area contributed by atoms with E-state index in [1.165, 1.54) is 5.56 Å². The number of methoxy groups -OCH3 is 1. The highest BCUT2D eigenvalue weighted by molar-refractivity contribution is 5.95. The maximum atomic E-state index is 12.4. The second-order valence-electron chi connectivity index (χ2n) is 9.24. The first-order chi connectivity index (χ1) is 16.8. The molecule has 0 aliphatic rings. The summed E-state index contributed by atoms with van der Waals surface area (Å²) in [5, 5.41) is 19.6. The molecule has 0 bridgehead atoms. The van der Waals surface area contributed by atoms with Crippen LogP contribution in [0.4, 0.5) is 5.69 Å². The maximum absolute atomic E-state index is 12.4. The van der Waals surface area contributed by atoms with Crippen LogP contribution >= 0.6 is 0 Å². The number of hydrogen-bond donors (Lipinski definition) is 1. The van der Waals surface area contributed by atoms with Gasteiger partial charge in [0, 0.05) is 10.9 Å². The molecular weight excluding hydrogens is 442 g/mol. The molecule has 7 nitrogen and oxygen atoms in total. The number of nitrogens with zero attached hydrogens (tertiary/aromatic N) is 3. The van der Waals surface area contributed by atoms with E-state index in [1.807, 2.05) is 72.8 Å². The molecule has 1 amide bonds. The van der Waals surface area contributed by atoms with Gasteiger partial charge in [-0.25, -0.2) is 0 Å². The van der Waals surface area contributed by atoms with Gasteiger partial charge in [0.05, 0.1) is 19.2 Å². The van der Waals surface area contributed by atoms with Gasteiger partial charge in [0.15, 0.2) is 12.3 Å². The first kappa shape index (κ1) is 24.0. The van der Waals surface area contributed by atoms with Crippen molar-refractivity contribution in [3.05, 3.63) is 83.9 Å². The number of amides is 1. The number of aromatic hydroxyl groups is 1. The average Bonchev–Trinajstić information content (AvgIpc) is 3.12. The van der Waals surface area contributed by atoms with Crippen LogP contribution in [0.5, 0.6) is 17.4 Å². The molecule has 0 aliphatic carbocycles. The summed E-state index contributed by atoms with van der Waals surface area (Å²) in [6.45, 7) is 6.52. The zero-order chi connectivity index (χ0) is 25.0. The van der Waals surface area contributed by atoms with Gasteiger partial charge in [0.2, 0.25) is 5.88 Å². The second-order valence-corrected chi connectivity index (χ2v) is 9.24. The van der Waals surface area contributed by atoms with Gasteiger partial charge in [-0.05, 0) is 35.2 Å². The van der Waals surface area contributed by atoms with Crippen molar-refractivity contribution < 1.29 is 19.4 Å².